The van der Waals surface area contributed by atoms with Gasteiger partial charge >= 0.3 is 0 Å². The van der Waals surface area contributed by atoms with Gasteiger partial charge in [0.2, 0.25) is 5.91 Å². The van der Waals surface area contributed by atoms with Gasteiger partial charge in [-0.05, 0) is 48.9 Å². The zero-order valence-corrected chi connectivity index (χ0v) is 22.2. The molecular weight excluding hydrogens is 468 g/mol. The fraction of sp³-hybridized carbons (Fsp3) is 0.885. The molecule has 0 spiro atoms. The summed E-state index contributed by atoms with van der Waals surface area (Å²) in [5.41, 5.74) is -1.15. The molecular formula is C26H44N2O6S. The van der Waals surface area contributed by atoms with Gasteiger partial charge in [0, 0.05) is 18.9 Å². The minimum atomic E-state index is -1.35. The summed E-state index contributed by atoms with van der Waals surface area (Å²) in [5.74, 6) is 2.03. The number of carbonyl (C=O) groups excluding carboxylic acids is 1. The van der Waals surface area contributed by atoms with Gasteiger partial charge in [0.1, 0.15) is 35.9 Å². The molecule has 0 unspecified atom stereocenters. The molecule has 3 fully saturated rings. The van der Waals surface area contributed by atoms with Crippen LogP contribution in [0.25, 0.3) is 0 Å². The van der Waals surface area contributed by atoms with Crippen molar-refractivity contribution in [2.75, 3.05) is 18.9 Å². The summed E-state index contributed by atoms with van der Waals surface area (Å²) >= 11 is 1.38. The van der Waals surface area contributed by atoms with E-state index in [0.717, 1.165) is 19.4 Å². The van der Waals surface area contributed by atoms with Crippen molar-refractivity contribution in [2.45, 2.75) is 101 Å². The van der Waals surface area contributed by atoms with Crippen LogP contribution in [0.15, 0.2) is 12.2 Å². The van der Waals surface area contributed by atoms with Gasteiger partial charge in [0.05, 0.1) is 12.1 Å². The third-order valence-electron chi connectivity index (χ3n) is 8.19. The molecule has 4 aliphatic rings. The van der Waals surface area contributed by atoms with E-state index in [4.69, 9.17) is 9.47 Å². The van der Waals surface area contributed by atoms with Crippen LogP contribution < -0.4 is 10.6 Å². The van der Waals surface area contributed by atoms with Crippen molar-refractivity contribution in [3.05, 3.63) is 12.2 Å². The zero-order chi connectivity index (χ0) is 25.3. The Labute approximate surface area is 213 Å². The van der Waals surface area contributed by atoms with Crippen LogP contribution in [0.1, 0.15) is 53.4 Å². The van der Waals surface area contributed by atoms with Gasteiger partial charge in [-0.25, -0.2) is 0 Å². The maximum Gasteiger partial charge on any atom is 0.240 e. The average Bonchev–Trinajstić information content (AvgIpc) is 3.08. The number of ether oxygens (including phenoxy) is 2. The monoisotopic (exact) mass is 512 g/mol. The number of allylic oxidation sites excluding steroid dienone is 1. The highest BCUT2D eigenvalue weighted by Crippen LogP contribution is 2.39. The van der Waals surface area contributed by atoms with Crippen LogP contribution in [0.5, 0.6) is 0 Å². The predicted octanol–water partition coefficient (Wildman–Crippen LogP) is 1.43. The molecule has 10 atom stereocenters. The highest BCUT2D eigenvalue weighted by Gasteiger charge is 2.52. The van der Waals surface area contributed by atoms with E-state index in [1.165, 1.54) is 18.2 Å². The lowest BCUT2D eigenvalue weighted by molar-refractivity contribution is -0.212. The lowest BCUT2D eigenvalue weighted by atomic mass is 9.75. The van der Waals surface area contributed by atoms with Gasteiger partial charge in [-0.3, -0.25) is 4.79 Å². The molecule has 4 heterocycles. The van der Waals surface area contributed by atoms with E-state index in [1.54, 1.807) is 0 Å². The molecule has 0 aromatic heterocycles. The van der Waals surface area contributed by atoms with E-state index in [0.29, 0.717) is 36.5 Å². The molecule has 4 rings (SSSR count). The molecule has 0 saturated carbocycles. The summed E-state index contributed by atoms with van der Waals surface area (Å²) in [6, 6.07) is -1.04. The molecule has 0 radical (unpaired) electrons. The summed E-state index contributed by atoms with van der Waals surface area (Å²) in [6.45, 7) is 9.98. The van der Waals surface area contributed by atoms with Gasteiger partial charge in [0.15, 0.2) is 0 Å². The minimum Gasteiger partial charge on any atom is -0.388 e. The van der Waals surface area contributed by atoms with E-state index in [1.807, 2.05) is 19.9 Å². The fourth-order valence-corrected chi connectivity index (χ4v) is 7.26. The smallest absolute Gasteiger partial charge is 0.240 e. The number of fused-ring (bicyclic) bond motifs is 3. The summed E-state index contributed by atoms with van der Waals surface area (Å²) < 4.78 is 12.4. The number of hydrogen-bond acceptors (Lipinski definition) is 8. The molecule has 5 N–H and O–H groups in total. The van der Waals surface area contributed by atoms with Crippen molar-refractivity contribution < 1.29 is 29.6 Å². The second-order valence-electron chi connectivity index (χ2n) is 11.9. The predicted molar refractivity (Wildman–Crippen MR) is 136 cm³/mol. The first-order valence-corrected chi connectivity index (χ1v) is 14.2. The van der Waals surface area contributed by atoms with E-state index >= 15 is 0 Å². The maximum absolute atomic E-state index is 13.7. The molecule has 3 saturated heterocycles. The zero-order valence-electron chi connectivity index (χ0n) is 21.4. The largest absolute Gasteiger partial charge is 0.388 e. The lowest BCUT2D eigenvalue weighted by Gasteiger charge is -2.48. The van der Waals surface area contributed by atoms with Crippen LogP contribution in [0.2, 0.25) is 0 Å². The van der Waals surface area contributed by atoms with Gasteiger partial charge < -0.3 is 35.4 Å². The Hall–Kier alpha value is -0.680. The summed E-state index contributed by atoms with van der Waals surface area (Å²) in [5, 5.41) is 38.5. The normalized spacial score (nSPS) is 44.8. The number of thioether (sulfide) groups is 1. The van der Waals surface area contributed by atoms with Crippen LogP contribution in [-0.2, 0) is 14.3 Å². The number of hydrogen-bond donors (Lipinski definition) is 5. The van der Waals surface area contributed by atoms with Crippen LogP contribution in [-0.4, -0.2) is 88.2 Å². The summed E-state index contributed by atoms with van der Waals surface area (Å²) in [6.07, 6.45) is 3.16. The van der Waals surface area contributed by atoms with Crippen molar-refractivity contribution in [3.63, 3.8) is 0 Å². The molecule has 200 valence electrons. The molecule has 2 bridgehead atoms. The second kappa shape index (κ2) is 11.4. The van der Waals surface area contributed by atoms with Crippen molar-refractivity contribution in [1.82, 2.24) is 10.6 Å². The van der Waals surface area contributed by atoms with Crippen LogP contribution in [0.3, 0.4) is 0 Å². The number of aliphatic hydroxyl groups excluding tert-OH is 3. The Balaban J connectivity index is 1.52. The van der Waals surface area contributed by atoms with Crippen molar-refractivity contribution in [3.8, 4) is 0 Å². The summed E-state index contributed by atoms with van der Waals surface area (Å²) in [7, 11) is 0. The van der Waals surface area contributed by atoms with Gasteiger partial charge in [-0.1, -0.05) is 39.8 Å². The number of rotatable bonds is 4. The molecule has 9 heteroatoms. The first-order chi connectivity index (χ1) is 16.6. The first kappa shape index (κ1) is 27.4. The van der Waals surface area contributed by atoms with E-state index < -0.39 is 47.4 Å². The highest BCUT2D eigenvalue weighted by atomic mass is 32.2. The highest BCUT2D eigenvalue weighted by molar-refractivity contribution is 7.99. The molecule has 1 amide bonds. The summed E-state index contributed by atoms with van der Waals surface area (Å²) in [4.78, 5) is 13.7. The van der Waals surface area contributed by atoms with Crippen molar-refractivity contribution in [2.24, 2.45) is 23.2 Å². The number of carbonyl (C=O) groups is 1. The Morgan fingerprint density at radius 2 is 1.94 bits per heavy atom. The van der Waals surface area contributed by atoms with E-state index in [9.17, 15) is 20.1 Å². The molecule has 8 nitrogen and oxygen atoms in total. The quantitative estimate of drug-likeness (QED) is 0.359. The van der Waals surface area contributed by atoms with Crippen molar-refractivity contribution in [1.29, 1.82) is 0 Å². The fourth-order valence-electron chi connectivity index (χ4n) is 6.26. The third kappa shape index (κ3) is 6.08. The molecule has 0 aromatic rings. The Bertz CT molecular complexity index is 764. The standard InChI is InChI=1S/C26H44N2O6S/c1-14(2)11-15-7-9-33-21-16(12-15)13-27-17(21)24(32)28-23-22-19(30)18(29)20(31)25(34-22)35-10-6-5-8-26(23,3)4/h5-6,14-23,25,27,29-31H,7-13H2,1-4H3,(H,28,32)/b6-5+/t15-,16-,17-,18-,19+,20+,21+,22-,23-,25+/m0/s1. The number of nitrogens with one attached hydrogen (secondary N) is 2. The molecule has 0 aromatic carbocycles. The third-order valence-corrected chi connectivity index (χ3v) is 9.30. The lowest BCUT2D eigenvalue weighted by Crippen LogP contribution is -2.67. The molecule has 0 aliphatic carbocycles. The average molecular weight is 513 g/mol. The topological polar surface area (TPSA) is 120 Å². The van der Waals surface area contributed by atoms with Crippen LogP contribution >= 0.6 is 11.8 Å². The SMILES string of the molecule is CC(C)C[C@@H]1CCO[C@@H]2[C@H](CN[C@@H]2C(=O)N[C@H]2[C@H]3O[C@H](SC/C=C/CC2(C)C)[C@H](O)[C@@H](O)[C@H]3O)C1. The van der Waals surface area contributed by atoms with E-state index in [-0.39, 0.29) is 12.0 Å². The second-order valence-corrected chi connectivity index (χ2v) is 13.1. The Morgan fingerprint density at radius 3 is 2.69 bits per heavy atom. The number of amides is 1. The van der Waals surface area contributed by atoms with E-state index in [2.05, 4.69) is 30.6 Å². The van der Waals surface area contributed by atoms with Gasteiger partial charge in [-0.15, -0.1) is 11.8 Å². The number of aliphatic hydroxyl groups is 3. The Morgan fingerprint density at radius 1 is 1.17 bits per heavy atom. The Kier molecular flexibility index (Phi) is 8.89. The molecule has 35 heavy (non-hydrogen) atoms. The molecule has 4 aliphatic heterocycles. The van der Waals surface area contributed by atoms with Crippen molar-refractivity contribution >= 4 is 17.7 Å². The van der Waals surface area contributed by atoms with Gasteiger partial charge in [0.25, 0.3) is 0 Å². The van der Waals surface area contributed by atoms with Crippen LogP contribution in [0, 0.1) is 23.2 Å². The first-order valence-electron chi connectivity index (χ1n) is 13.2. The van der Waals surface area contributed by atoms with Crippen LogP contribution in [0.4, 0.5) is 0 Å². The minimum absolute atomic E-state index is 0.167. The maximum atomic E-state index is 13.7. The van der Waals surface area contributed by atoms with Gasteiger partial charge in [-0.2, -0.15) is 0 Å².